The molecule has 0 bridgehead atoms. The summed E-state index contributed by atoms with van der Waals surface area (Å²) in [6.45, 7) is 5.60. The second-order valence-electron chi connectivity index (χ2n) is 5.83. The van der Waals surface area contributed by atoms with E-state index in [-0.39, 0.29) is 12.1 Å². The van der Waals surface area contributed by atoms with Crippen molar-refractivity contribution in [3.05, 3.63) is 17.5 Å². The number of hydrogen-bond donors (Lipinski definition) is 1. The number of nitrogens with zero attached hydrogens (tertiary/aromatic N) is 2. The molecule has 1 N–H and O–H groups in total. The van der Waals surface area contributed by atoms with Crippen LogP contribution in [0.5, 0.6) is 0 Å². The van der Waals surface area contributed by atoms with Crippen molar-refractivity contribution in [1.82, 2.24) is 15.1 Å². The Hall–Kier alpha value is -1.52. The van der Waals surface area contributed by atoms with Gasteiger partial charge in [-0.05, 0) is 39.2 Å². The number of alkyl carbamates (subject to hydrolysis) is 1. The van der Waals surface area contributed by atoms with Gasteiger partial charge in [0.1, 0.15) is 5.60 Å². The lowest BCUT2D eigenvalue weighted by molar-refractivity contribution is 0.0499. The molecule has 5 heteroatoms. The molecule has 0 aromatic carbocycles. The molecule has 1 amide bonds. The van der Waals surface area contributed by atoms with Crippen LogP contribution in [0.25, 0.3) is 0 Å². The van der Waals surface area contributed by atoms with Crippen LogP contribution in [0.15, 0.2) is 6.20 Å². The predicted molar refractivity (Wildman–Crippen MR) is 68.4 cm³/mol. The van der Waals surface area contributed by atoms with Gasteiger partial charge in [0.25, 0.3) is 0 Å². The molecule has 1 aliphatic rings. The zero-order valence-electron chi connectivity index (χ0n) is 11.5. The number of carbonyl (C=O) groups excluding carboxylic acids is 1. The highest BCUT2D eigenvalue weighted by Gasteiger charge is 2.25. The lowest BCUT2D eigenvalue weighted by Crippen LogP contribution is -2.42. The summed E-state index contributed by atoms with van der Waals surface area (Å²) >= 11 is 0. The number of rotatable bonds is 1. The second kappa shape index (κ2) is 4.63. The van der Waals surface area contributed by atoms with E-state index in [9.17, 15) is 4.79 Å². The fourth-order valence-electron chi connectivity index (χ4n) is 2.24. The van der Waals surface area contributed by atoms with Crippen LogP contribution in [0.1, 0.15) is 38.4 Å². The molecular formula is C13H21N3O2. The third-order valence-electron chi connectivity index (χ3n) is 3.07. The number of hydrogen-bond acceptors (Lipinski definition) is 3. The third kappa shape index (κ3) is 3.03. The van der Waals surface area contributed by atoms with Gasteiger partial charge in [-0.15, -0.1) is 0 Å². The SMILES string of the molecule is Cn1ncc2c1C[C@H](NC(=O)OC(C)(C)C)CC2. The predicted octanol–water partition coefficient (Wildman–Crippen LogP) is 1.80. The van der Waals surface area contributed by atoms with E-state index in [4.69, 9.17) is 4.74 Å². The lowest BCUT2D eigenvalue weighted by Gasteiger charge is -2.26. The van der Waals surface area contributed by atoms with Crippen molar-refractivity contribution in [1.29, 1.82) is 0 Å². The molecule has 0 spiro atoms. The standard InChI is InChI=1S/C13H21N3O2/c1-13(2,3)18-12(17)15-10-6-5-9-8-14-16(4)11(9)7-10/h8,10H,5-7H2,1-4H3,(H,15,17)/t10-/m1/s1. The second-order valence-corrected chi connectivity index (χ2v) is 5.83. The minimum Gasteiger partial charge on any atom is -0.444 e. The molecule has 1 aromatic rings. The fourth-order valence-corrected chi connectivity index (χ4v) is 2.24. The molecule has 0 fully saturated rings. The summed E-state index contributed by atoms with van der Waals surface area (Å²) in [5.41, 5.74) is 2.05. The van der Waals surface area contributed by atoms with Gasteiger partial charge in [-0.2, -0.15) is 5.10 Å². The molecule has 1 aromatic heterocycles. The molecule has 1 heterocycles. The molecule has 1 aliphatic carbocycles. The molecule has 0 radical (unpaired) electrons. The first kappa shape index (κ1) is 12.9. The zero-order chi connectivity index (χ0) is 13.3. The van der Waals surface area contributed by atoms with Crippen molar-refractivity contribution in [3.8, 4) is 0 Å². The Kier molecular flexibility index (Phi) is 3.32. The summed E-state index contributed by atoms with van der Waals surface area (Å²) in [6, 6.07) is 0.141. The smallest absolute Gasteiger partial charge is 0.407 e. The van der Waals surface area contributed by atoms with Crippen molar-refractivity contribution < 1.29 is 9.53 Å². The highest BCUT2D eigenvalue weighted by Crippen LogP contribution is 2.20. The highest BCUT2D eigenvalue weighted by atomic mass is 16.6. The van der Waals surface area contributed by atoms with Gasteiger partial charge in [0.05, 0.1) is 6.20 Å². The first-order valence-electron chi connectivity index (χ1n) is 6.34. The Labute approximate surface area is 108 Å². The average Bonchev–Trinajstić information content (AvgIpc) is 2.57. The first-order chi connectivity index (χ1) is 8.35. The van der Waals surface area contributed by atoms with Crippen LogP contribution in [0.3, 0.4) is 0 Å². The molecular weight excluding hydrogens is 230 g/mol. The lowest BCUT2D eigenvalue weighted by atomic mass is 9.94. The number of ether oxygens (including phenoxy) is 1. The number of aryl methyl sites for hydroxylation is 2. The van der Waals surface area contributed by atoms with Crippen LogP contribution >= 0.6 is 0 Å². The minimum absolute atomic E-state index is 0.141. The number of amides is 1. The van der Waals surface area contributed by atoms with Crippen molar-refractivity contribution in [2.75, 3.05) is 0 Å². The molecule has 0 saturated heterocycles. The third-order valence-corrected chi connectivity index (χ3v) is 3.07. The minimum atomic E-state index is -0.448. The van der Waals surface area contributed by atoms with E-state index in [1.54, 1.807) is 0 Å². The monoisotopic (exact) mass is 251 g/mol. The van der Waals surface area contributed by atoms with Gasteiger partial charge < -0.3 is 10.1 Å². The summed E-state index contributed by atoms with van der Waals surface area (Å²) in [7, 11) is 1.94. The molecule has 0 aliphatic heterocycles. The maximum Gasteiger partial charge on any atom is 0.407 e. The molecule has 18 heavy (non-hydrogen) atoms. The Balaban J connectivity index is 1.94. The highest BCUT2D eigenvalue weighted by molar-refractivity contribution is 5.68. The molecule has 1 atom stereocenters. The van der Waals surface area contributed by atoms with Crippen LogP contribution in [0.2, 0.25) is 0 Å². The Bertz CT molecular complexity index is 446. The summed E-state index contributed by atoms with van der Waals surface area (Å²) in [5, 5.41) is 7.18. The summed E-state index contributed by atoms with van der Waals surface area (Å²) in [5.74, 6) is 0. The van der Waals surface area contributed by atoms with Crippen LogP contribution < -0.4 is 5.32 Å². The van der Waals surface area contributed by atoms with E-state index in [1.807, 2.05) is 38.7 Å². The van der Waals surface area contributed by atoms with E-state index in [2.05, 4.69) is 10.4 Å². The molecule has 100 valence electrons. The number of carbonyl (C=O) groups is 1. The largest absolute Gasteiger partial charge is 0.444 e. The Morgan fingerprint density at radius 1 is 1.56 bits per heavy atom. The van der Waals surface area contributed by atoms with E-state index >= 15 is 0 Å². The fraction of sp³-hybridized carbons (Fsp3) is 0.692. The molecule has 0 unspecified atom stereocenters. The Morgan fingerprint density at radius 3 is 2.94 bits per heavy atom. The maximum atomic E-state index is 11.7. The summed E-state index contributed by atoms with van der Waals surface area (Å²) in [6.07, 6.45) is 4.31. The van der Waals surface area contributed by atoms with E-state index in [0.29, 0.717) is 0 Å². The van der Waals surface area contributed by atoms with Crippen molar-refractivity contribution in [2.45, 2.75) is 51.7 Å². The molecule has 0 saturated carbocycles. The van der Waals surface area contributed by atoms with Gasteiger partial charge in [0.2, 0.25) is 0 Å². The molecule has 5 nitrogen and oxygen atoms in total. The Morgan fingerprint density at radius 2 is 2.28 bits per heavy atom. The zero-order valence-corrected chi connectivity index (χ0v) is 11.5. The van der Waals surface area contributed by atoms with Gasteiger partial charge in [-0.25, -0.2) is 4.79 Å². The van der Waals surface area contributed by atoms with Crippen LogP contribution in [-0.2, 0) is 24.6 Å². The van der Waals surface area contributed by atoms with Gasteiger partial charge >= 0.3 is 6.09 Å². The summed E-state index contributed by atoms with van der Waals surface area (Å²) in [4.78, 5) is 11.7. The van der Waals surface area contributed by atoms with E-state index in [0.717, 1.165) is 19.3 Å². The van der Waals surface area contributed by atoms with Crippen LogP contribution in [-0.4, -0.2) is 27.5 Å². The van der Waals surface area contributed by atoms with Gasteiger partial charge in [0.15, 0.2) is 0 Å². The van der Waals surface area contributed by atoms with Gasteiger partial charge in [-0.3, -0.25) is 4.68 Å². The average molecular weight is 251 g/mol. The summed E-state index contributed by atoms with van der Waals surface area (Å²) < 4.78 is 7.15. The maximum absolute atomic E-state index is 11.7. The molecule has 2 rings (SSSR count). The van der Waals surface area contributed by atoms with Crippen molar-refractivity contribution in [2.24, 2.45) is 7.05 Å². The van der Waals surface area contributed by atoms with E-state index < -0.39 is 5.60 Å². The van der Waals surface area contributed by atoms with Gasteiger partial charge in [0, 0.05) is 25.2 Å². The van der Waals surface area contributed by atoms with E-state index in [1.165, 1.54) is 11.3 Å². The number of aromatic nitrogens is 2. The van der Waals surface area contributed by atoms with Crippen molar-refractivity contribution >= 4 is 6.09 Å². The van der Waals surface area contributed by atoms with Crippen LogP contribution in [0.4, 0.5) is 4.79 Å². The van der Waals surface area contributed by atoms with Crippen molar-refractivity contribution in [3.63, 3.8) is 0 Å². The topological polar surface area (TPSA) is 56.2 Å². The quantitative estimate of drug-likeness (QED) is 0.828. The van der Waals surface area contributed by atoms with Gasteiger partial charge in [-0.1, -0.05) is 0 Å². The first-order valence-corrected chi connectivity index (χ1v) is 6.34. The number of fused-ring (bicyclic) bond motifs is 1. The normalized spacial score (nSPS) is 19.2. The number of nitrogens with one attached hydrogen (secondary N) is 1. The van der Waals surface area contributed by atoms with Crippen LogP contribution in [0, 0.1) is 0 Å².